The number of benzene rings is 3. The molecule has 3 aromatic carbocycles. The van der Waals surface area contributed by atoms with Crippen LogP contribution in [0, 0.1) is 0 Å². The molecule has 0 saturated carbocycles. The summed E-state index contributed by atoms with van der Waals surface area (Å²) in [5, 5.41) is 1.75. The fraction of sp³-hybridized carbons (Fsp3) is 0.269. The van der Waals surface area contributed by atoms with E-state index in [2.05, 4.69) is 77.7 Å². The lowest BCUT2D eigenvalue weighted by Gasteiger charge is -2.37. The number of carbonyl (C=O) groups excluding carboxylic acids is 1. The lowest BCUT2D eigenvalue weighted by atomic mass is 9.94. The molecule has 2 atom stereocenters. The molecule has 0 radical (unpaired) electrons. The van der Waals surface area contributed by atoms with Crippen molar-refractivity contribution in [3.8, 4) is 0 Å². The monoisotopic (exact) mass is 400 g/mol. The van der Waals surface area contributed by atoms with Crippen LogP contribution in [0.15, 0.2) is 91.0 Å². The standard InChI is InChI=1S/C26H28N2O2/c1-27-24(18-26(29)30-27)25(17-21-11-5-2-6-12-21)28(19-22-13-7-3-8-14-22)20-23-15-9-4-10-16-23/h2-16,24-25H,17-20H2,1H3/t24-,25-/m0/s1. The lowest BCUT2D eigenvalue weighted by molar-refractivity contribution is -0.171. The van der Waals surface area contributed by atoms with Gasteiger partial charge in [0.25, 0.3) is 0 Å². The molecule has 30 heavy (non-hydrogen) atoms. The molecule has 0 unspecified atom stereocenters. The van der Waals surface area contributed by atoms with E-state index in [1.54, 1.807) is 5.06 Å². The Bertz CT molecular complexity index is 890. The molecule has 1 fully saturated rings. The van der Waals surface area contributed by atoms with Crippen molar-refractivity contribution in [3.05, 3.63) is 108 Å². The summed E-state index contributed by atoms with van der Waals surface area (Å²) in [6.07, 6.45) is 1.26. The van der Waals surface area contributed by atoms with Gasteiger partial charge in [0, 0.05) is 26.2 Å². The van der Waals surface area contributed by atoms with Crippen molar-refractivity contribution >= 4 is 5.97 Å². The van der Waals surface area contributed by atoms with Crippen molar-refractivity contribution in [2.24, 2.45) is 0 Å². The molecule has 0 bridgehead atoms. The Hall–Kier alpha value is -2.95. The molecule has 1 heterocycles. The van der Waals surface area contributed by atoms with Crippen LogP contribution in [0.4, 0.5) is 0 Å². The molecule has 0 N–H and O–H groups in total. The average Bonchev–Trinajstić information content (AvgIpc) is 3.11. The van der Waals surface area contributed by atoms with Gasteiger partial charge in [-0.15, -0.1) is 5.06 Å². The number of hydrogen-bond donors (Lipinski definition) is 0. The maximum atomic E-state index is 12.1. The number of hydrogen-bond acceptors (Lipinski definition) is 4. The Kier molecular flexibility index (Phi) is 6.57. The molecule has 4 rings (SSSR count). The molecular weight excluding hydrogens is 372 g/mol. The van der Waals surface area contributed by atoms with Gasteiger partial charge >= 0.3 is 5.97 Å². The van der Waals surface area contributed by atoms with Gasteiger partial charge < -0.3 is 4.84 Å². The van der Waals surface area contributed by atoms with E-state index in [0.29, 0.717) is 6.42 Å². The minimum atomic E-state index is -0.153. The molecule has 3 aromatic rings. The van der Waals surface area contributed by atoms with Gasteiger partial charge in [-0.2, -0.15) is 0 Å². The van der Waals surface area contributed by atoms with Crippen molar-refractivity contribution in [2.75, 3.05) is 7.05 Å². The maximum absolute atomic E-state index is 12.1. The highest BCUT2D eigenvalue weighted by atomic mass is 16.7. The summed E-state index contributed by atoms with van der Waals surface area (Å²) in [6.45, 7) is 1.62. The molecule has 0 aliphatic carbocycles. The highest BCUT2D eigenvalue weighted by molar-refractivity contribution is 5.71. The van der Waals surface area contributed by atoms with Crippen LogP contribution in [-0.4, -0.2) is 35.1 Å². The van der Waals surface area contributed by atoms with Gasteiger partial charge in [0.05, 0.1) is 12.5 Å². The zero-order valence-corrected chi connectivity index (χ0v) is 17.4. The zero-order chi connectivity index (χ0) is 20.8. The van der Waals surface area contributed by atoms with Crippen molar-refractivity contribution in [3.63, 3.8) is 0 Å². The molecule has 4 nitrogen and oxygen atoms in total. The summed E-state index contributed by atoms with van der Waals surface area (Å²) in [7, 11) is 1.87. The fourth-order valence-corrected chi connectivity index (χ4v) is 4.23. The predicted octanol–water partition coefficient (Wildman–Crippen LogP) is 4.46. The molecule has 0 amide bonds. The molecule has 154 valence electrons. The van der Waals surface area contributed by atoms with E-state index in [0.717, 1.165) is 19.5 Å². The topological polar surface area (TPSA) is 32.8 Å². The SMILES string of the molecule is CN1OC(=O)C[C@H]1[C@H](Cc1ccccc1)N(Cc1ccccc1)Cc1ccccc1. The highest BCUT2D eigenvalue weighted by Crippen LogP contribution is 2.26. The van der Waals surface area contributed by atoms with Gasteiger partial charge in [0.15, 0.2) is 0 Å². The molecule has 0 spiro atoms. The van der Waals surface area contributed by atoms with E-state index in [1.807, 2.05) is 25.2 Å². The summed E-state index contributed by atoms with van der Waals surface area (Å²) >= 11 is 0. The second kappa shape index (κ2) is 9.70. The van der Waals surface area contributed by atoms with Gasteiger partial charge in [-0.3, -0.25) is 9.69 Å². The zero-order valence-electron chi connectivity index (χ0n) is 17.4. The predicted molar refractivity (Wildman–Crippen MR) is 118 cm³/mol. The Morgan fingerprint density at radius 3 is 1.73 bits per heavy atom. The van der Waals surface area contributed by atoms with Crippen LogP contribution in [0.2, 0.25) is 0 Å². The average molecular weight is 401 g/mol. The second-order valence-corrected chi connectivity index (χ2v) is 7.91. The Morgan fingerprint density at radius 2 is 1.30 bits per heavy atom. The lowest BCUT2D eigenvalue weighted by Crippen LogP contribution is -2.48. The molecule has 1 aliphatic heterocycles. The second-order valence-electron chi connectivity index (χ2n) is 7.91. The summed E-state index contributed by atoms with van der Waals surface area (Å²) in [5.41, 5.74) is 3.79. The Labute approximate surface area is 178 Å². The number of hydroxylamine groups is 2. The number of nitrogens with zero attached hydrogens (tertiary/aromatic N) is 2. The summed E-state index contributed by atoms with van der Waals surface area (Å²) in [6, 6.07) is 31.7. The minimum absolute atomic E-state index is 0.00475. The normalized spacial score (nSPS) is 17.8. The first-order chi connectivity index (χ1) is 14.7. The first-order valence-corrected chi connectivity index (χ1v) is 10.5. The van der Waals surface area contributed by atoms with Gasteiger partial charge in [-0.05, 0) is 23.1 Å². The van der Waals surface area contributed by atoms with E-state index in [-0.39, 0.29) is 18.1 Å². The largest absolute Gasteiger partial charge is 0.368 e. The number of likely N-dealkylation sites (N-methyl/N-ethyl adjacent to an activating group) is 1. The van der Waals surface area contributed by atoms with Crippen LogP contribution in [-0.2, 0) is 29.1 Å². The summed E-state index contributed by atoms with van der Waals surface area (Å²) in [5.74, 6) is -0.153. The van der Waals surface area contributed by atoms with Crippen molar-refractivity contribution in [2.45, 2.75) is 38.0 Å². The number of carbonyl (C=O) groups is 1. The van der Waals surface area contributed by atoms with Crippen LogP contribution in [0.5, 0.6) is 0 Å². The van der Waals surface area contributed by atoms with Crippen molar-refractivity contribution < 1.29 is 9.63 Å². The Balaban J connectivity index is 1.67. The maximum Gasteiger partial charge on any atom is 0.326 e. The van der Waals surface area contributed by atoms with Crippen LogP contribution in [0.3, 0.4) is 0 Å². The fourth-order valence-electron chi connectivity index (χ4n) is 4.23. The van der Waals surface area contributed by atoms with E-state index in [9.17, 15) is 4.79 Å². The summed E-state index contributed by atoms with van der Waals surface area (Å²) in [4.78, 5) is 20.0. The van der Waals surface area contributed by atoms with Gasteiger partial charge in [-0.1, -0.05) is 91.0 Å². The van der Waals surface area contributed by atoms with Crippen LogP contribution >= 0.6 is 0 Å². The van der Waals surface area contributed by atoms with Crippen molar-refractivity contribution in [1.82, 2.24) is 9.96 Å². The van der Waals surface area contributed by atoms with E-state index in [4.69, 9.17) is 4.84 Å². The van der Waals surface area contributed by atoms with E-state index < -0.39 is 0 Å². The van der Waals surface area contributed by atoms with Crippen molar-refractivity contribution in [1.29, 1.82) is 0 Å². The Morgan fingerprint density at radius 1 is 0.833 bits per heavy atom. The van der Waals surface area contributed by atoms with Gasteiger partial charge in [-0.25, -0.2) is 0 Å². The molecule has 0 aromatic heterocycles. The minimum Gasteiger partial charge on any atom is -0.368 e. The smallest absolute Gasteiger partial charge is 0.326 e. The number of rotatable bonds is 8. The first-order valence-electron chi connectivity index (χ1n) is 10.5. The van der Waals surface area contributed by atoms with E-state index >= 15 is 0 Å². The highest BCUT2D eigenvalue weighted by Gasteiger charge is 2.39. The van der Waals surface area contributed by atoms with E-state index in [1.165, 1.54) is 16.7 Å². The quantitative estimate of drug-likeness (QED) is 0.559. The van der Waals surface area contributed by atoms with Crippen LogP contribution in [0.1, 0.15) is 23.1 Å². The van der Waals surface area contributed by atoms with Crippen LogP contribution in [0.25, 0.3) is 0 Å². The molecule has 1 aliphatic rings. The first kappa shape index (κ1) is 20.3. The molecular formula is C26H28N2O2. The molecule has 4 heteroatoms. The van der Waals surface area contributed by atoms with Crippen LogP contribution < -0.4 is 0 Å². The summed E-state index contributed by atoms with van der Waals surface area (Å²) < 4.78 is 0. The third-order valence-electron chi connectivity index (χ3n) is 5.75. The third-order valence-corrected chi connectivity index (χ3v) is 5.75. The van der Waals surface area contributed by atoms with Gasteiger partial charge in [0.2, 0.25) is 0 Å². The third kappa shape index (κ3) is 5.15. The molecule has 1 saturated heterocycles. The van der Waals surface area contributed by atoms with Gasteiger partial charge in [0.1, 0.15) is 0 Å².